The van der Waals surface area contributed by atoms with Gasteiger partial charge in [-0.15, -0.1) is 0 Å². The summed E-state index contributed by atoms with van der Waals surface area (Å²) in [6, 6.07) is 27.5. The Morgan fingerprint density at radius 1 is 0.794 bits per heavy atom. The predicted molar refractivity (Wildman–Crippen MR) is 133 cm³/mol. The fraction of sp³-hybridized carbons (Fsp3) is 0.138. The van der Waals surface area contributed by atoms with E-state index in [1.165, 1.54) is 0 Å². The maximum atomic E-state index is 8.96. The second-order valence-electron chi connectivity index (χ2n) is 8.04. The maximum absolute atomic E-state index is 8.96. The number of nitrogens with zero attached hydrogens (tertiary/aromatic N) is 3. The number of benzene rings is 3. The van der Waals surface area contributed by atoms with E-state index in [1.807, 2.05) is 68.6 Å². The fourth-order valence-electron chi connectivity index (χ4n) is 3.68. The van der Waals surface area contributed by atoms with E-state index in [-0.39, 0.29) is 0 Å². The van der Waals surface area contributed by atoms with Gasteiger partial charge in [-0.25, -0.2) is 0 Å². The summed E-state index contributed by atoms with van der Waals surface area (Å²) < 4.78 is 6.11. The molecule has 1 aromatic heterocycles. The molecule has 5 heteroatoms. The highest BCUT2D eigenvalue weighted by Crippen LogP contribution is 2.27. The van der Waals surface area contributed by atoms with Gasteiger partial charge in [0, 0.05) is 18.4 Å². The molecule has 1 N–H and O–H groups in total. The lowest BCUT2D eigenvalue weighted by Crippen LogP contribution is -2.06. The third-order valence-electron chi connectivity index (χ3n) is 5.75. The summed E-state index contributed by atoms with van der Waals surface area (Å²) in [4.78, 5) is 4.53. The summed E-state index contributed by atoms with van der Waals surface area (Å²) in [5, 5.41) is 21.4. The second-order valence-corrected chi connectivity index (χ2v) is 8.04. The molecule has 0 spiro atoms. The summed E-state index contributed by atoms with van der Waals surface area (Å²) >= 11 is 0. The minimum absolute atomic E-state index is 0.419. The summed E-state index contributed by atoms with van der Waals surface area (Å²) in [5.41, 5.74) is 8.46. The van der Waals surface area contributed by atoms with E-state index in [9.17, 15) is 0 Å². The Morgan fingerprint density at radius 2 is 1.35 bits per heavy atom. The van der Waals surface area contributed by atoms with Gasteiger partial charge in [-0.1, -0.05) is 36.4 Å². The molecule has 1 heterocycles. The van der Waals surface area contributed by atoms with Crippen LogP contribution in [0.15, 0.2) is 79.0 Å². The first-order chi connectivity index (χ1) is 16.6. The van der Waals surface area contributed by atoms with E-state index in [0.29, 0.717) is 24.3 Å². The molecule has 0 amide bonds. The first-order valence-electron chi connectivity index (χ1n) is 11.0. The van der Waals surface area contributed by atoms with Gasteiger partial charge in [0.15, 0.2) is 0 Å². The number of hydrogen-bond acceptors (Lipinski definition) is 5. The first kappa shape index (κ1) is 22.6. The van der Waals surface area contributed by atoms with Gasteiger partial charge >= 0.3 is 0 Å². The lowest BCUT2D eigenvalue weighted by atomic mass is 10.0. The van der Waals surface area contributed by atoms with E-state index >= 15 is 0 Å². The van der Waals surface area contributed by atoms with Gasteiger partial charge in [0.05, 0.1) is 29.0 Å². The van der Waals surface area contributed by atoms with Gasteiger partial charge in [0.1, 0.15) is 12.4 Å². The number of nitrogens with one attached hydrogen (secondary N) is 1. The Labute approximate surface area is 199 Å². The summed E-state index contributed by atoms with van der Waals surface area (Å²) in [6.07, 6.45) is 1.89. The van der Waals surface area contributed by atoms with Crippen molar-refractivity contribution in [2.45, 2.75) is 27.0 Å². The largest absolute Gasteiger partial charge is 0.487 e. The highest BCUT2D eigenvalue weighted by atomic mass is 16.5. The number of hydrogen-bond donors (Lipinski definition) is 1. The van der Waals surface area contributed by atoms with Crippen LogP contribution in [0.25, 0.3) is 11.1 Å². The van der Waals surface area contributed by atoms with E-state index in [1.54, 1.807) is 12.1 Å². The Bertz CT molecular complexity index is 1360. The minimum Gasteiger partial charge on any atom is -0.487 e. The zero-order chi connectivity index (χ0) is 23.9. The van der Waals surface area contributed by atoms with Gasteiger partial charge in [0.25, 0.3) is 0 Å². The molecule has 0 saturated carbocycles. The number of ether oxygens (including phenoxy) is 1. The lowest BCUT2D eigenvalue weighted by molar-refractivity contribution is 0.300. The van der Waals surface area contributed by atoms with Crippen molar-refractivity contribution in [1.29, 1.82) is 10.5 Å². The molecule has 166 valence electrons. The molecule has 0 aliphatic heterocycles. The van der Waals surface area contributed by atoms with Crippen LogP contribution in [0, 0.1) is 36.5 Å². The monoisotopic (exact) mass is 444 g/mol. The van der Waals surface area contributed by atoms with Crippen LogP contribution < -0.4 is 10.1 Å². The van der Waals surface area contributed by atoms with E-state index in [2.05, 4.69) is 34.6 Å². The molecule has 34 heavy (non-hydrogen) atoms. The van der Waals surface area contributed by atoms with Crippen LogP contribution in [-0.2, 0) is 13.2 Å². The molecular formula is C29H24N4O. The highest BCUT2D eigenvalue weighted by molar-refractivity contribution is 5.66. The fourth-order valence-corrected chi connectivity index (χ4v) is 3.68. The molecule has 4 rings (SSSR count). The van der Waals surface area contributed by atoms with Crippen molar-refractivity contribution in [3.63, 3.8) is 0 Å². The maximum Gasteiger partial charge on any atom is 0.144 e. The quantitative estimate of drug-likeness (QED) is 0.362. The van der Waals surface area contributed by atoms with Gasteiger partial charge in [-0.05, 0) is 78.1 Å². The Morgan fingerprint density at radius 3 is 1.94 bits per heavy atom. The molecule has 3 aromatic carbocycles. The van der Waals surface area contributed by atoms with Crippen molar-refractivity contribution in [2.24, 2.45) is 0 Å². The van der Waals surface area contributed by atoms with Crippen molar-refractivity contribution in [3.8, 4) is 29.0 Å². The van der Waals surface area contributed by atoms with Crippen LogP contribution in [-0.4, -0.2) is 4.98 Å². The number of aromatic nitrogens is 1. The molecule has 0 aliphatic rings. The van der Waals surface area contributed by atoms with Gasteiger partial charge in [-0.2, -0.15) is 10.5 Å². The molecule has 0 saturated heterocycles. The van der Waals surface area contributed by atoms with Crippen LogP contribution in [0.3, 0.4) is 0 Å². The van der Waals surface area contributed by atoms with Crippen LogP contribution in [0.2, 0.25) is 0 Å². The summed E-state index contributed by atoms with van der Waals surface area (Å²) in [7, 11) is 0. The van der Waals surface area contributed by atoms with Crippen molar-refractivity contribution in [2.75, 3.05) is 5.32 Å². The van der Waals surface area contributed by atoms with Crippen LogP contribution in [0.5, 0.6) is 5.75 Å². The number of rotatable bonds is 7. The van der Waals surface area contributed by atoms with E-state index < -0.39 is 0 Å². The van der Waals surface area contributed by atoms with Crippen LogP contribution >= 0.6 is 0 Å². The lowest BCUT2D eigenvalue weighted by Gasteiger charge is -2.16. The Balaban J connectivity index is 1.41. The van der Waals surface area contributed by atoms with E-state index in [0.717, 1.165) is 44.9 Å². The average molecular weight is 445 g/mol. The summed E-state index contributed by atoms with van der Waals surface area (Å²) in [5.74, 6) is 0.792. The first-order valence-corrected chi connectivity index (χ1v) is 11.0. The molecule has 5 nitrogen and oxygen atoms in total. The Kier molecular flexibility index (Phi) is 6.87. The zero-order valence-electron chi connectivity index (χ0n) is 19.2. The number of aryl methyl sites for hydroxylation is 1. The Hall–Kier alpha value is -4.61. The van der Waals surface area contributed by atoms with Gasteiger partial charge in [0.2, 0.25) is 0 Å². The predicted octanol–water partition coefficient (Wildman–Crippen LogP) is 6.30. The molecule has 0 aliphatic carbocycles. The topological polar surface area (TPSA) is 81.7 Å². The van der Waals surface area contributed by atoms with E-state index in [4.69, 9.17) is 15.3 Å². The highest BCUT2D eigenvalue weighted by Gasteiger charge is 2.11. The summed E-state index contributed by atoms with van der Waals surface area (Å²) in [6.45, 7) is 5.04. The smallest absolute Gasteiger partial charge is 0.144 e. The average Bonchev–Trinajstić information content (AvgIpc) is 2.89. The third-order valence-corrected chi connectivity index (χ3v) is 5.75. The standard InChI is InChI=1S/C29H24N4O/c1-20-27(17-32-21(2)29(20)34-19-24-5-3-22(15-30)4-6-24)18-33-28-13-11-26(12-14-28)25-9-7-23(16-31)8-10-25/h3-14,17,33H,18-19H2,1-2H3. The minimum atomic E-state index is 0.419. The van der Waals surface area contributed by atoms with Crippen molar-refractivity contribution < 1.29 is 4.74 Å². The molecule has 0 atom stereocenters. The van der Waals surface area contributed by atoms with Crippen LogP contribution in [0.4, 0.5) is 5.69 Å². The van der Waals surface area contributed by atoms with Crippen molar-refractivity contribution in [3.05, 3.63) is 113 Å². The van der Waals surface area contributed by atoms with Gasteiger partial charge < -0.3 is 10.1 Å². The second kappa shape index (κ2) is 10.3. The van der Waals surface area contributed by atoms with Crippen molar-refractivity contribution >= 4 is 5.69 Å². The number of anilines is 1. The number of pyridine rings is 1. The molecule has 0 fully saturated rings. The zero-order valence-corrected chi connectivity index (χ0v) is 19.2. The molecule has 0 unspecified atom stereocenters. The third kappa shape index (κ3) is 5.23. The molecule has 0 radical (unpaired) electrons. The van der Waals surface area contributed by atoms with Crippen molar-refractivity contribution in [1.82, 2.24) is 4.98 Å². The normalized spacial score (nSPS) is 10.2. The van der Waals surface area contributed by atoms with Crippen LogP contribution in [0.1, 0.15) is 33.5 Å². The molecule has 4 aromatic rings. The SMILES string of the molecule is Cc1ncc(CNc2ccc(-c3ccc(C#N)cc3)cc2)c(C)c1OCc1ccc(C#N)cc1. The van der Waals surface area contributed by atoms with Gasteiger partial charge in [-0.3, -0.25) is 4.98 Å². The molecule has 0 bridgehead atoms. The number of nitriles is 2. The molecular weight excluding hydrogens is 420 g/mol.